The molecular weight excluding hydrogens is 362 g/mol. The Bertz CT molecular complexity index is 850. The van der Waals surface area contributed by atoms with Crippen LogP contribution in [0.4, 0.5) is 0 Å². The number of carbonyl (C=O) groups excluding carboxylic acids is 1. The van der Waals surface area contributed by atoms with Crippen LogP contribution in [0.2, 0.25) is 5.02 Å². The van der Waals surface area contributed by atoms with Crippen molar-refractivity contribution in [1.29, 1.82) is 0 Å². The highest BCUT2D eigenvalue weighted by Crippen LogP contribution is 2.49. The van der Waals surface area contributed by atoms with Gasteiger partial charge < -0.3 is 4.90 Å². The zero-order valence-electron chi connectivity index (χ0n) is 15.5. The van der Waals surface area contributed by atoms with Crippen LogP contribution in [0.1, 0.15) is 41.8 Å². The third-order valence-electron chi connectivity index (χ3n) is 6.55. The minimum Gasteiger partial charge on any atom is -0.303 e. The number of carbonyl (C=O) groups is 1. The van der Waals surface area contributed by atoms with Crippen molar-refractivity contribution in [1.82, 2.24) is 4.90 Å². The second-order valence-corrected chi connectivity index (χ2v) is 9.41. The van der Waals surface area contributed by atoms with Gasteiger partial charge in [-0.25, -0.2) is 0 Å². The Morgan fingerprint density at radius 2 is 1.96 bits per heavy atom. The fraction of sp³-hybridized carbons (Fsp3) is 0.409. The number of halogens is 1. The number of benzene rings is 2. The lowest BCUT2D eigenvalue weighted by Gasteiger charge is -2.53. The van der Waals surface area contributed by atoms with Crippen molar-refractivity contribution < 1.29 is 4.79 Å². The molecule has 4 heteroatoms. The first-order valence-electron chi connectivity index (χ1n) is 9.20. The number of likely N-dealkylation sites (tertiary alicyclic amines) is 1. The summed E-state index contributed by atoms with van der Waals surface area (Å²) in [4.78, 5) is 16.2. The van der Waals surface area contributed by atoms with Crippen LogP contribution < -0.4 is 0 Å². The number of fused-ring (bicyclic) bond motifs is 4. The highest BCUT2D eigenvalue weighted by molar-refractivity contribution is 8.14. The topological polar surface area (TPSA) is 20.3 Å². The Morgan fingerprint density at radius 3 is 2.69 bits per heavy atom. The molecule has 0 saturated carbocycles. The SMILES string of the molecule is C[C@H]1C2Cc3ccc(SC(=O)c4ccc(Cl)cc4)cc3[C@]1(C)CCN2C. The third kappa shape index (κ3) is 3.00. The molecule has 1 aliphatic carbocycles. The lowest BCUT2D eigenvalue weighted by molar-refractivity contribution is 0.0506. The van der Waals surface area contributed by atoms with E-state index in [4.69, 9.17) is 11.6 Å². The summed E-state index contributed by atoms with van der Waals surface area (Å²) in [5.74, 6) is 0.626. The van der Waals surface area contributed by atoms with Gasteiger partial charge in [0.05, 0.1) is 0 Å². The van der Waals surface area contributed by atoms with Crippen molar-refractivity contribution in [2.24, 2.45) is 5.92 Å². The Kier molecular flexibility index (Phi) is 4.66. The first-order valence-corrected chi connectivity index (χ1v) is 10.4. The number of hydrogen-bond donors (Lipinski definition) is 0. The van der Waals surface area contributed by atoms with Gasteiger partial charge in [-0.05, 0) is 97.1 Å². The number of rotatable bonds is 2. The van der Waals surface area contributed by atoms with E-state index in [-0.39, 0.29) is 10.5 Å². The van der Waals surface area contributed by atoms with E-state index in [1.807, 2.05) is 0 Å². The van der Waals surface area contributed by atoms with Crippen molar-refractivity contribution in [2.75, 3.05) is 13.6 Å². The van der Waals surface area contributed by atoms with Gasteiger partial charge in [-0.15, -0.1) is 0 Å². The molecule has 1 unspecified atom stereocenters. The average molecular weight is 386 g/mol. The maximum absolute atomic E-state index is 12.6. The summed E-state index contributed by atoms with van der Waals surface area (Å²) in [6.45, 7) is 5.94. The molecule has 1 fully saturated rings. The number of hydrogen-bond acceptors (Lipinski definition) is 3. The van der Waals surface area contributed by atoms with Gasteiger partial charge in [-0.3, -0.25) is 4.79 Å². The summed E-state index contributed by atoms with van der Waals surface area (Å²) >= 11 is 7.24. The van der Waals surface area contributed by atoms with Crippen LogP contribution in [0.3, 0.4) is 0 Å². The summed E-state index contributed by atoms with van der Waals surface area (Å²) in [6.07, 6.45) is 2.28. The minimum absolute atomic E-state index is 0.0666. The highest BCUT2D eigenvalue weighted by atomic mass is 35.5. The maximum Gasteiger partial charge on any atom is 0.224 e. The van der Waals surface area contributed by atoms with E-state index < -0.39 is 0 Å². The van der Waals surface area contributed by atoms with E-state index in [2.05, 4.69) is 44.0 Å². The Balaban J connectivity index is 1.63. The van der Waals surface area contributed by atoms with E-state index >= 15 is 0 Å². The minimum atomic E-state index is 0.0666. The second kappa shape index (κ2) is 6.70. The van der Waals surface area contributed by atoms with Crippen LogP contribution in [-0.2, 0) is 11.8 Å². The molecule has 1 heterocycles. The summed E-state index contributed by atoms with van der Waals surface area (Å²) in [5, 5.41) is 0.718. The van der Waals surface area contributed by atoms with Gasteiger partial charge in [-0.2, -0.15) is 0 Å². The van der Waals surface area contributed by atoms with E-state index in [0.717, 1.165) is 17.9 Å². The first-order chi connectivity index (χ1) is 12.4. The van der Waals surface area contributed by atoms with Crippen molar-refractivity contribution in [3.05, 3.63) is 64.2 Å². The lowest BCUT2D eigenvalue weighted by atomic mass is 9.59. The van der Waals surface area contributed by atoms with Crippen molar-refractivity contribution >= 4 is 28.5 Å². The van der Waals surface area contributed by atoms with Crippen LogP contribution in [-0.4, -0.2) is 29.6 Å². The monoisotopic (exact) mass is 385 g/mol. The molecule has 0 amide bonds. The Labute approximate surface area is 164 Å². The van der Waals surface area contributed by atoms with Crippen molar-refractivity contribution in [3.8, 4) is 0 Å². The Morgan fingerprint density at radius 1 is 1.23 bits per heavy atom. The second-order valence-electron chi connectivity index (χ2n) is 7.92. The molecule has 3 atom stereocenters. The molecule has 4 rings (SSSR count). The van der Waals surface area contributed by atoms with Crippen LogP contribution >= 0.6 is 23.4 Å². The summed E-state index contributed by atoms with van der Waals surface area (Å²) in [6, 6.07) is 14.4. The standard InChI is InChI=1S/C22H24ClNOS/c1-14-20-12-16-6-9-18(13-19(16)22(14,2)10-11-24(20)3)26-21(25)15-4-7-17(23)8-5-15/h4-9,13-14,20H,10-12H2,1-3H3/t14-,20?,22+/m0/s1. The van der Waals surface area contributed by atoms with E-state index in [1.54, 1.807) is 24.3 Å². The van der Waals surface area contributed by atoms with Gasteiger partial charge in [0.1, 0.15) is 0 Å². The zero-order chi connectivity index (χ0) is 18.5. The smallest absolute Gasteiger partial charge is 0.224 e. The van der Waals surface area contributed by atoms with Crippen LogP contribution in [0.5, 0.6) is 0 Å². The van der Waals surface area contributed by atoms with Crippen LogP contribution in [0, 0.1) is 5.92 Å². The van der Waals surface area contributed by atoms with Crippen LogP contribution in [0.15, 0.2) is 47.4 Å². The maximum atomic E-state index is 12.6. The summed E-state index contributed by atoms with van der Waals surface area (Å²) in [5.41, 5.74) is 3.79. The third-order valence-corrected chi connectivity index (χ3v) is 7.71. The first kappa shape index (κ1) is 18.1. The number of piperidine rings is 1. The quantitative estimate of drug-likeness (QED) is 0.643. The molecule has 0 N–H and O–H groups in total. The van der Waals surface area contributed by atoms with Crippen LogP contribution in [0.25, 0.3) is 0 Å². The largest absolute Gasteiger partial charge is 0.303 e. The number of nitrogens with zero attached hydrogens (tertiary/aromatic N) is 1. The molecule has 0 spiro atoms. The highest BCUT2D eigenvalue weighted by Gasteiger charge is 2.47. The predicted molar refractivity (Wildman–Crippen MR) is 109 cm³/mol. The fourth-order valence-electron chi connectivity index (χ4n) is 4.63. The zero-order valence-corrected chi connectivity index (χ0v) is 17.0. The normalized spacial score (nSPS) is 27.8. The molecule has 26 heavy (non-hydrogen) atoms. The Hall–Kier alpha value is -1.29. The van der Waals surface area contributed by atoms with E-state index in [1.165, 1.54) is 29.3 Å². The molecule has 0 radical (unpaired) electrons. The number of likely N-dealkylation sites (N-methyl/N-ethyl adjacent to an activating group) is 1. The van der Waals surface area contributed by atoms with Gasteiger partial charge in [0.2, 0.25) is 5.12 Å². The van der Waals surface area contributed by atoms with Gasteiger partial charge in [0.15, 0.2) is 0 Å². The van der Waals surface area contributed by atoms with E-state index in [0.29, 0.717) is 22.5 Å². The predicted octanol–water partition coefficient (Wildman–Crippen LogP) is 5.43. The molecule has 136 valence electrons. The lowest BCUT2D eigenvalue weighted by Crippen LogP contribution is -2.56. The molecular formula is C22H24ClNOS. The van der Waals surface area contributed by atoms with Gasteiger partial charge in [0, 0.05) is 21.5 Å². The van der Waals surface area contributed by atoms with E-state index in [9.17, 15) is 4.79 Å². The average Bonchev–Trinajstić information content (AvgIpc) is 2.62. The van der Waals surface area contributed by atoms with Gasteiger partial charge >= 0.3 is 0 Å². The molecule has 0 aromatic heterocycles. The summed E-state index contributed by atoms with van der Waals surface area (Å²) < 4.78 is 0. The molecule has 2 aromatic rings. The van der Waals surface area contributed by atoms with Gasteiger partial charge in [-0.1, -0.05) is 31.5 Å². The molecule has 2 bridgehead atoms. The van der Waals surface area contributed by atoms with Crippen molar-refractivity contribution in [3.63, 3.8) is 0 Å². The number of thioether (sulfide) groups is 1. The summed E-state index contributed by atoms with van der Waals surface area (Å²) in [7, 11) is 2.25. The van der Waals surface area contributed by atoms with Gasteiger partial charge in [0.25, 0.3) is 0 Å². The molecule has 2 aliphatic rings. The molecule has 1 aliphatic heterocycles. The fourth-order valence-corrected chi connectivity index (χ4v) is 5.53. The molecule has 2 nitrogen and oxygen atoms in total. The molecule has 2 aromatic carbocycles. The molecule has 1 saturated heterocycles. The van der Waals surface area contributed by atoms with Crippen molar-refractivity contribution in [2.45, 2.75) is 43.0 Å².